The smallest absolute Gasteiger partial charge is 0.282 e. The number of benzene rings is 3. The lowest BCUT2D eigenvalue weighted by atomic mass is 10.0. The molecular weight excluding hydrogens is 432 g/mol. The molecule has 3 aromatic rings. The highest BCUT2D eigenvalue weighted by molar-refractivity contribution is 6.46. The second-order valence-corrected chi connectivity index (χ2v) is 7.47. The third-order valence-corrected chi connectivity index (χ3v) is 5.19. The Kier molecular flexibility index (Phi) is 6.10. The van der Waals surface area contributed by atoms with Crippen LogP contribution in [0.5, 0.6) is 5.75 Å². The first-order valence-electron chi connectivity index (χ1n) is 10.3. The molecule has 0 saturated carbocycles. The first kappa shape index (κ1) is 22.3. The van der Waals surface area contributed by atoms with Crippen molar-refractivity contribution < 1.29 is 19.1 Å². The Bertz CT molecular complexity index is 1340. The van der Waals surface area contributed by atoms with E-state index >= 15 is 0 Å². The van der Waals surface area contributed by atoms with Crippen molar-refractivity contribution in [1.29, 1.82) is 5.26 Å². The van der Waals surface area contributed by atoms with E-state index in [0.29, 0.717) is 33.9 Å². The summed E-state index contributed by atoms with van der Waals surface area (Å²) in [6.45, 7) is 1.42. The molecule has 2 N–H and O–H groups in total. The van der Waals surface area contributed by atoms with Crippen molar-refractivity contribution in [2.45, 2.75) is 6.92 Å². The summed E-state index contributed by atoms with van der Waals surface area (Å²) in [4.78, 5) is 39.2. The van der Waals surface area contributed by atoms with Crippen molar-refractivity contribution >= 4 is 40.4 Å². The quantitative estimate of drug-likeness (QED) is 0.549. The zero-order valence-electron chi connectivity index (χ0n) is 18.5. The fourth-order valence-electron chi connectivity index (χ4n) is 3.58. The van der Waals surface area contributed by atoms with Crippen LogP contribution in [0.3, 0.4) is 0 Å². The van der Waals surface area contributed by atoms with E-state index < -0.39 is 11.8 Å². The fraction of sp³-hybridized carbons (Fsp3) is 0.0769. The summed E-state index contributed by atoms with van der Waals surface area (Å²) in [5.74, 6) is -0.586. The number of carbonyl (C=O) groups is 3. The number of imide groups is 1. The Morgan fingerprint density at radius 1 is 0.882 bits per heavy atom. The Morgan fingerprint density at radius 3 is 2.06 bits per heavy atom. The van der Waals surface area contributed by atoms with Gasteiger partial charge in [-0.2, -0.15) is 5.26 Å². The molecule has 0 spiro atoms. The minimum Gasteiger partial charge on any atom is -0.497 e. The van der Waals surface area contributed by atoms with Crippen LogP contribution in [0.2, 0.25) is 0 Å². The van der Waals surface area contributed by atoms with E-state index in [-0.39, 0.29) is 17.2 Å². The normalized spacial score (nSPS) is 13.0. The Balaban J connectivity index is 1.74. The van der Waals surface area contributed by atoms with Crippen LogP contribution >= 0.6 is 0 Å². The molecule has 1 aliphatic heterocycles. The summed E-state index contributed by atoms with van der Waals surface area (Å²) in [7, 11) is 1.54. The molecule has 8 heteroatoms. The lowest BCUT2D eigenvalue weighted by molar-refractivity contribution is -0.120. The molecule has 4 rings (SSSR count). The van der Waals surface area contributed by atoms with Gasteiger partial charge in [0, 0.05) is 18.3 Å². The second-order valence-electron chi connectivity index (χ2n) is 7.47. The van der Waals surface area contributed by atoms with Crippen molar-refractivity contribution in [3.63, 3.8) is 0 Å². The number of amides is 3. The van der Waals surface area contributed by atoms with Crippen LogP contribution in [0.4, 0.5) is 17.1 Å². The molecule has 168 valence electrons. The summed E-state index contributed by atoms with van der Waals surface area (Å²) in [5, 5.41) is 14.8. The number of nitriles is 1. The minimum atomic E-state index is -0.522. The van der Waals surface area contributed by atoms with Gasteiger partial charge in [0.25, 0.3) is 11.8 Å². The highest BCUT2D eigenvalue weighted by Gasteiger charge is 2.40. The van der Waals surface area contributed by atoms with Crippen LogP contribution in [0.25, 0.3) is 5.57 Å². The lowest BCUT2D eigenvalue weighted by Crippen LogP contribution is -2.32. The van der Waals surface area contributed by atoms with Crippen LogP contribution in [-0.2, 0) is 14.4 Å². The molecule has 3 amide bonds. The average Bonchev–Trinajstić information content (AvgIpc) is 3.09. The van der Waals surface area contributed by atoms with Gasteiger partial charge in [-0.05, 0) is 66.2 Å². The number of ether oxygens (including phenoxy) is 1. The zero-order valence-corrected chi connectivity index (χ0v) is 18.5. The summed E-state index contributed by atoms with van der Waals surface area (Å²) >= 11 is 0. The maximum atomic E-state index is 13.5. The van der Waals surface area contributed by atoms with Crippen LogP contribution in [-0.4, -0.2) is 24.8 Å². The molecule has 0 unspecified atom stereocenters. The van der Waals surface area contributed by atoms with Crippen molar-refractivity contribution in [3.8, 4) is 11.8 Å². The summed E-state index contributed by atoms with van der Waals surface area (Å²) < 4.78 is 5.20. The molecular formula is C26H20N4O4. The number of rotatable bonds is 6. The maximum absolute atomic E-state index is 13.5. The molecule has 34 heavy (non-hydrogen) atoms. The SMILES string of the molecule is COc1ccc(C2=C(Nc3ccc(NC(C)=O)cc3)C(=O)N(c3ccc(C#N)cc3)C2=O)cc1. The topological polar surface area (TPSA) is 112 Å². The van der Waals surface area contributed by atoms with Crippen molar-refractivity contribution in [2.75, 3.05) is 22.6 Å². The van der Waals surface area contributed by atoms with E-state index in [1.54, 1.807) is 79.9 Å². The van der Waals surface area contributed by atoms with E-state index in [4.69, 9.17) is 10.00 Å². The van der Waals surface area contributed by atoms with Gasteiger partial charge in [0.1, 0.15) is 11.4 Å². The third kappa shape index (κ3) is 4.36. The number of anilines is 3. The van der Waals surface area contributed by atoms with Gasteiger partial charge >= 0.3 is 0 Å². The minimum absolute atomic E-state index is 0.117. The van der Waals surface area contributed by atoms with Crippen molar-refractivity contribution in [3.05, 3.63) is 89.6 Å². The van der Waals surface area contributed by atoms with Gasteiger partial charge in [0.15, 0.2) is 0 Å². The van der Waals surface area contributed by atoms with E-state index in [1.807, 2.05) is 6.07 Å². The number of methoxy groups -OCH3 is 1. The van der Waals surface area contributed by atoms with Gasteiger partial charge in [-0.3, -0.25) is 14.4 Å². The number of hydrogen-bond acceptors (Lipinski definition) is 6. The Morgan fingerprint density at radius 2 is 1.50 bits per heavy atom. The van der Waals surface area contributed by atoms with Gasteiger partial charge in [0.2, 0.25) is 5.91 Å². The number of hydrogen-bond donors (Lipinski definition) is 2. The third-order valence-electron chi connectivity index (χ3n) is 5.19. The van der Waals surface area contributed by atoms with Crippen LogP contribution in [0.1, 0.15) is 18.1 Å². The molecule has 8 nitrogen and oxygen atoms in total. The summed E-state index contributed by atoms with van der Waals surface area (Å²) in [6.07, 6.45) is 0. The van der Waals surface area contributed by atoms with Crippen molar-refractivity contribution in [2.24, 2.45) is 0 Å². The highest BCUT2D eigenvalue weighted by Crippen LogP contribution is 2.34. The van der Waals surface area contributed by atoms with E-state index in [0.717, 1.165) is 4.90 Å². The van der Waals surface area contributed by atoms with Crippen LogP contribution < -0.4 is 20.3 Å². The fourth-order valence-corrected chi connectivity index (χ4v) is 3.58. The first-order chi connectivity index (χ1) is 16.4. The molecule has 0 radical (unpaired) electrons. The van der Waals surface area contributed by atoms with Gasteiger partial charge in [-0.15, -0.1) is 0 Å². The molecule has 0 bridgehead atoms. The molecule has 0 atom stereocenters. The number of nitrogens with one attached hydrogen (secondary N) is 2. The van der Waals surface area contributed by atoms with E-state index in [1.165, 1.54) is 6.92 Å². The predicted octanol–water partition coefficient (Wildman–Crippen LogP) is 3.92. The van der Waals surface area contributed by atoms with Gasteiger partial charge in [-0.1, -0.05) is 12.1 Å². The molecule has 1 aliphatic rings. The van der Waals surface area contributed by atoms with E-state index in [2.05, 4.69) is 10.6 Å². The summed E-state index contributed by atoms with van der Waals surface area (Å²) in [6, 6.07) is 21.9. The molecule has 0 aromatic heterocycles. The molecule has 0 aliphatic carbocycles. The molecule has 3 aromatic carbocycles. The number of carbonyl (C=O) groups excluding carboxylic acids is 3. The molecule has 0 fully saturated rings. The van der Waals surface area contributed by atoms with Crippen molar-refractivity contribution in [1.82, 2.24) is 0 Å². The van der Waals surface area contributed by atoms with Crippen LogP contribution in [0.15, 0.2) is 78.5 Å². The second kappa shape index (κ2) is 9.30. The highest BCUT2D eigenvalue weighted by atomic mass is 16.5. The lowest BCUT2D eigenvalue weighted by Gasteiger charge is -2.15. The zero-order chi connectivity index (χ0) is 24.2. The van der Waals surface area contributed by atoms with E-state index in [9.17, 15) is 14.4 Å². The summed E-state index contributed by atoms with van der Waals surface area (Å²) in [5.41, 5.74) is 2.83. The van der Waals surface area contributed by atoms with Gasteiger partial charge in [-0.25, -0.2) is 4.90 Å². The molecule has 1 heterocycles. The average molecular weight is 452 g/mol. The number of nitrogens with zero attached hydrogens (tertiary/aromatic N) is 2. The van der Waals surface area contributed by atoms with Gasteiger partial charge in [0.05, 0.1) is 30.0 Å². The Hall–Kier alpha value is -4.90. The van der Waals surface area contributed by atoms with Gasteiger partial charge < -0.3 is 15.4 Å². The standard InChI is InChI=1S/C26H20N4O4/c1-16(31)28-19-7-9-20(10-8-19)29-24-23(18-5-13-22(34-2)14-6-18)25(32)30(26(24)33)21-11-3-17(15-27)4-12-21/h3-14,29H,1-2H3,(H,28,31). The van der Waals surface area contributed by atoms with Crippen LogP contribution in [0, 0.1) is 11.3 Å². The predicted molar refractivity (Wildman–Crippen MR) is 128 cm³/mol. The largest absolute Gasteiger partial charge is 0.497 e. The Labute approximate surface area is 196 Å². The maximum Gasteiger partial charge on any atom is 0.282 e. The monoisotopic (exact) mass is 452 g/mol. The molecule has 0 saturated heterocycles. The first-order valence-corrected chi connectivity index (χ1v) is 10.3.